The summed E-state index contributed by atoms with van der Waals surface area (Å²) in [5.74, 6) is -1.97. The van der Waals surface area contributed by atoms with Crippen LogP contribution in [0.25, 0.3) is 0 Å². The normalized spacial score (nSPS) is 20.0. The highest BCUT2D eigenvalue weighted by atomic mass is 35.7. The third kappa shape index (κ3) is 4.73. The van der Waals surface area contributed by atoms with Gasteiger partial charge in [0.2, 0.25) is 0 Å². The number of alkyl halides is 3. The van der Waals surface area contributed by atoms with Crippen LogP contribution in [0.15, 0.2) is 47.4 Å². The average Bonchev–Trinajstić information content (AvgIpc) is 3.17. The molecule has 0 fully saturated rings. The van der Waals surface area contributed by atoms with Crippen molar-refractivity contribution < 1.29 is 26.4 Å². The summed E-state index contributed by atoms with van der Waals surface area (Å²) in [7, 11) is 1.22. The molecule has 5 nitrogen and oxygen atoms in total. The number of halogens is 4. The number of fused-ring (bicyclic) bond motifs is 2. The Balaban J connectivity index is 0.000000212. The van der Waals surface area contributed by atoms with Gasteiger partial charge in [-0.05, 0) is 62.1 Å². The van der Waals surface area contributed by atoms with Crippen molar-refractivity contribution >= 4 is 37.0 Å². The molecule has 2 aliphatic rings. The van der Waals surface area contributed by atoms with E-state index in [9.17, 15) is 26.4 Å². The van der Waals surface area contributed by atoms with Crippen molar-refractivity contribution in [3.8, 4) is 0 Å². The number of nitrogens with one attached hydrogen (secondary N) is 1. The molecule has 0 saturated carbocycles. The van der Waals surface area contributed by atoms with Crippen molar-refractivity contribution in [2.24, 2.45) is 0 Å². The maximum atomic E-state index is 12.5. The van der Waals surface area contributed by atoms with Crippen LogP contribution in [-0.2, 0) is 26.7 Å². The third-order valence-electron chi connectivity index (χ3n) is 4.95. The minimum atomic E-state index is -4.98. The molecule has 0 spiro atoms. The maximum absolute atomic E-state index is 12.5. The molecule has 10 heteroatoms. The van der Waals surface area contributed by atoms with Gasteiger partial charge in [0.1, 0.15) is 0 Å². The Hall–Kier alpha value is -2.26. The van der Waals surface area contributed by atoms with E-state index >= 15 is 0 Å². The van der Waals surface area contributed by atoms with Gasteiger partial charge < -0.3 is 10.2 Å². The lowest BCUT2D eigenvalue weighted by Crippen LogP contribution is -2.44. The Bertz CT molecular complexity index is 1050. The summed E-state index contributed by atoms with van der Waals surface area (Å²) in [5.41, 5.74) is 3.17. The molecule has 2 aromatic rings. The Morgan fingerprint density at radius 3 is 2.37 bits per heavy atom. The largest absolute Gasteiger partial charge is 0.471 e. The van der Waals surface area contributed by atoms with Crippen molar-refractivity contribution in [1.82, 2.24) is 0 Å². The highest BCUT2D eigenvalue weighted by Crippen LogP contribution is 2.37. The maximum Gasteiger partial charge on any atom is 0.471 e. The molecule has 0 radical (unpaired) electrons. The zero-order chi connectivity index (χ0) is 22.3. The molecule has 2 atom stereocenters. The number of hydrogen-bond acceptors (Lipinski definition) is 4. The van der Waals surface area contributed by atoms with E-state index in [-0.39, 0.29) is 17.0 Å². The van der Waals surface area contributed by atoms with E-state index in [1.165, 1.54) is 30.7 Å². The Morgan fingerprint density at radius 1 is 1.10 bits per heavy atom. The molecule has 2 aromatic carbocycles. The van der Waals surface area contributed by atoms with Gasteiger partial charge in [-0.1, -0.05) is 18.2 Å². The van der Waals surface area contributed by atoms with Gasteiger partial charge in [-0.15, -0.1) is 0 Å². The van der Waals surface area contributed by atoms with Gasteiger partial charge in [0.15, 0.2) is 0 Å². The van der Waals surface area contributed by atoms with Crippen molar-refractivity contribution in [3.63, 3.8) is 0 Å². The SMILES string of the molecule is CC1Cc2cc(S(=O)(=O)Cl)ccc2N1C(=O)C(F)(F)F.CC1Cc2ccccc2N1. The predicted octanol–water partition coefficient (Wildman–Crippen LogP) is 4.50. The zero-order valence-electron chi connectivity index (χ0n) is 16.2. The Kier molecular flexibility index (Phi) is 6.06. The topological polar surface area (TPSA) is 66.5 Å². The van der Waals surface area contributed by atoms with E-state index in [4.69, 9.17) is 10.7 Å². The van der Waals surface area contributed by atoms with E-state index in [1.807, 2.05) is 0 Å². The second kappa shape index (κ2) is 8.11. The van der Waals surface area contributed by atoms with E-state index in [0.29, 0.717) is 16.5 Å². The van der Waals surface area contributed by atoms with Crippen LogP contribution in [0.3, 0.4) is 0 Å². The van der Waals surface area contributed by atoms with Crippen molar-refractivity contribution in [1.29, 1.82) is 0 Å². The number of anilines is 2. The van der Waals surface area contributed by atoms with Crippen LogP contribution < -0.4 is 10.2 Å². The first-order valence-corrected chi connectivity index (χ1v) is 11.5. The predicted molar refractivity (Wildman–Crippen MR) is 109 cm³/mol. The fourth-order valence-electron chi connectivity index (χ4n) is 3.69. The molecule has 4 rings (SSSR count). The highest BCUT2D eigenvalue weighted by Gasteiger charge is 2.47. The van der Waals surface area contributed by atoms with Gasteiger partial charge in [-0.2, -0.15) is 13.2 Å². The number of rotatable bonds is 1. The number of hydrogen-bond donors (Lipinski definition) is 1. The molecule has 0 bridgehead atoms. The Morgan fingerprint density at radius 2 is 1.77 bits per heavy atom. The first-order chi connectivity index (χ1) is 13.9. The lowest BCUT2D eigenvalue weighted by Gasteiger charge is -2.23. The number of carbonyl (C=O) groups excluding carboxylic acids is 1. The molecule has 2 unspecified atom stereocenters. The molecule has 2 aliphatic heterocycles. The number of amides is 1. The second-order valence-corrected chi connectivity index (χ2v) is 9.93. The van der Waals surface area contributed by atoms with Gasteiger partial charge in [-0.25, -0.2) is 8.42 Å². The van der Waals surface area contributed by atoms with Crippen LogP contribution in [-0.4, -0.2) is 32.6 Å². The molecule has 1 amide bonds. The molecule has 1 N–H and O–H groups in total. The van der Waals surface area contributed by atoms with Crippen LogP contribution in [0.2, 0.25) is 0 Å². The molecule has 30 heavy (non-hydrogen) atoms. The lowest BCUT2D eigenvalue weighted by atomic mass is 10.1. The summed E-state index contributed by atoms with van der Waals surface area (Å²) in [6.07, 6.45) is -3.67. The van der Waals surface area contributed by atoms with Crippen molar-refractivity contribution in [3.05, 3.63) is 53.6 Å². The van der Waals surface area contributed by atoms with E-state index in [2.05, 4.69) is 36.5 Å². The number of benzene rings is 2. The fraction of sp³-hybridized carbons (Fsp3) is 0.350. The number of nitrogens with zero attached hydrogens (tertiary/aromatic N) is 1. The summed E-state index contributed by atoms with van der Waals surface area (Å²) >= 11 is 0. The first-order valence-electron chi connectivity index (χ1n) is 9.20. The Labute approximate surface area is 177 Å². The van der Waals surface area contributed by atoms with Gasteiger partial charge >= 0.3 is 12.1 Å². The van der Waals surface area contributed by atoms with Gasteiger partial charge in [0.05, 0.1) is 4.90 Å². The molecular formula is C20H20ClF3N2O3S. The van der Waals surface area contributed by atoms with E-state index < -0.39 is 27.2 Å². The number of carbonyl (C=O) groups is 1. The second-order valence-electron chi connectivity index (χ2n) is 7.36. The molecule has 2 heterocycles. The third-order valence-corrected chi connectivity index (χ3v) is 6.31. The van der Waals surface area contributed by atoms with Gasteiger partial charge in [0.25, 0.3) is 9.05 Å². The van der Waals surface area contributed by atoms with Crippen LogP contribution >= 0.6 is 10.7 Å². The smallest absolute Gasteiger partial charge is 0.382 e. The van der Waals surface area contributed by atoms with E-state index in [1.54, 1.807) is 0 Å². The van der Waals surface area contributed by atoms with E-state index in [0.717, 1.165) is 12.1 Å². The summed E-state index contributed by atoms with van der Waals surface area (Å²) in [5, 5.41) is 3.40. The van der Waals surface area contributed by atoms with Crippen LogP contribution in [0.5, 0.6) is 0 Å². The minimum absolute atomic E-state index is 0.0592. The number of para-hydroxylation sites is 1. The van der Waals surface area contributed by atoms with Crippen LogP contribution in [0, 0.1) is 0 Å². The minimum Gasteiger partial charge on any atom is -0.382 e. The van der Waals surface area contributed by atoms with Crippen LogP contribution in [0.1, 0.15) is 25.0 Å². The monoisotopic (exact) mass is 460 g/mol. The van der Waals surface area contributed by atoms with Crippen molar-refractivity contribution in [2.45, 2.75) is 49.8 Å². The molecular weight excluding hydrogens is 441 g/mol. The molecule has 0 aromatic heterocycles. The summed E-state index contributed by atoms with van der Waals surface area (Å²) < 4.78 is 60.0. The van der Waals surface area contributed by atoms with Crippen molar-refractivity contribution in [2.75, 3.05) is 10.2 Å². The van der Waals surface area contributed by atoms with Gasteiger partial charge in [0, 0.05) is 34.1 Å². The molecule has 0 saturated heterocycles. The fourth-order valence-corrected chi connectivity index (χ4v) is 4.49. The average molecular weight is 461 g/mol. The van der Waals surface area contributed by atoms with Gasteiger partial charge in [-0.3, -0.25) is 4.79 Å². The first kappa shape index (κ1) is 22.4. The summed E-state index contributed by atoms with van der Waals surface area (Å²) in [4.78, 5) is 11.8. The summed E-state index contributed by atoms with van der Waals surface area (Å²) in [6.45, 7) is 3.67. The standard InChI is InChI=1S/C11H9ClF3NO3S.C9H11N/c1-6-4-7-5-8(20(12,18)19)2-3-9(7)16(6)10(17)11(13,14)15;1-7-6-8-4-2-3-5-9(8)10-7/h2-3,5-6H,4H2,1H3;2-5,7,10H,6H2,1H3. The molecule has 0 aliphatic carbocycles. The molecule has 162 valence electrons. The van der Waals surface area contributed by atoms with Crippen LogP contribution in [0.4, 0.5) is 24.5 Å². The highest BCUT2D eigenvalue weighted by molar-refractivity contribution is 8.13. The summed E-state index contributed by atoms with van der Waals surface area (Å²) in [6, 6.07) is 11.9. The lowest BCUT2D eigenvalue weighted by molar-refractivity contribution is -0.170. The quantitative estimate of drug-likeness (QED) is 0.636. The zero-order valence-corrected chi connectivity index (χ0v) is 17.8.